The molecule has 2 N–H and O–H groups in total. The summed E-state index contributed by atoms with van der Waals surface area (Å²) in [4.78, 5) is 13.9. The van der Waals surface area contributed by atoms with Gasteiger partial charge in [-0.05, 0) is 25.9 Å². The Morgan fingerprint density at radius 3 is 2.94 bits per heavy atom. The van der Waals surface area contributed by atoms with Crippen LogP contribution in [0.15, 0.2) is 0 Å². The molecular formula is C12H25N3O. The minimum atomic E-state index is 0.314. The van der Waals surface area contributed by atoms with Crippen LogP contribution in [0, 0.1) is 0 Å². The van der Waals surface area contributed by atoms with Crippen LogP contribution in [0.25, 0.3) is 0 Å². The quantitative estimate of drug-likeness (QED) is 0.676. The topological polar surface area (TPSA) is 44.4 Å². The molecular weight excluding hydrogens is 202 g/mol. The normalized spacial score (nSPS) is 17.6. The molecule has 4 heteroatoms. The first kappa shape index (κ1) is 13.5. The molecule has 0 spiro atoms. The summed E-state index contributed by atoms with van der Waals surface area (Å²) in [5, 5.41) is 6.64. The van der Waals surface area contributed by atoms with E-state index in [9.17, 15) is 4.79 Å². The van der Waals surface area contributed by atoms with Crippen molar-refractivity contribution in [3.8, 4) is 0 Å². The molecule has 16 heavy (non-hydrogen) atoms. The molecule has 94 valence electrons. The Kier molecular flexibility index (Phi) is 6.42. The van der Waals surface area contributed by atoms with Gasteiger partial charge in [-0.1, -0.05) is 13.8 Å². The number of hydrogen-bond donors (Lipinski definition) is 2. The highest BCUT2D eigenvalue weighted by molar-refractivity contribution is 5.76. The van der Waals surface area contributed by atoms with E-state index in [1.807, 2.05) is 4.90 Å². The molecule has 0 aliphatic carbocycles. The van der Waals surface area contributed by atoms with Crippen LogP contribution < -0.4 is 10.6 Å². The van der Waals surface area contributed by atoms with Gasteiger partial charge in [0.25, 0.3) is 0 Å². The van der Waals surface area contributed by atoms with Crippen LogP contribution in [-0.2, 0) is 4.79 Å². The van der Waals surface area contributed by atoms with Crippen LogP contribution in [0.2, 0.25) is 0 Å². The zero-order valence-corrected chi connectivity index (χ0v) is 10.6. The third kappa shape index (κ3) is 5.47. The van der Waals surface area contributed by atoms with Gasteiger partial charge in [0.1, 0.15) is 0 Å². The maximum atomic E-state index is 11.9. The predicted octanol–water partition coefficient (Wildman–Crippen LogP) is 0.587. The lowest BCUT2D eigenvalue weighted by atomic mass is 10.2. The van der Waals surface area contributed by atoms with E-state index in [1.54, 1.807) is 0 Å². The van der Waals surface area contributed by atoms with Gasteiger partial charge in [0, 0.05) is 32.1 Å². The standard InChI is InChI=1S/C12H25N3O/c1-11(2)14-7-3-5-12(16)15-9-4-6-13-8-10-15/h11,13-14H,3-10H2,1-2H3. The van der Waals surface area contributed by atoms with Crippen molar-refractivity contribution in [1.29, 1.82) is 0 Å². The fourth-order valence-corrected chi connectivity index (χ4v) is 1.88. The summed E-state index contributed by atoms with van der Waals surface area (Å²) in [5.74, 6) is 0.314. The Labute approximate surface area is 98.8 Å². The molecule has 1 rings (SSSR count). The van der Waals surface area contributed by atoms with Crippen molar-refractivity contribution in [2.75, 3.05) is 32.7 Å². The monoisotopic (exact) mass is 227 g/mol. The number of carbonyl (C=O) groups excluding carboxylic acids is 1. The summed E-state index contributed by atoms with van der Waals surface area (Å²) in [7, 11) is 0. The second kappa shape index (κ2) is 7.63. The summed E-state index contributed by atoms with van der Waals surface area (Å²) in [6.45, 7) is 8.97. The molecule has 1 saturated heterocycles. The highest BCUT2D eigenvalue weighted by Gasteiger charge is 2.14. The first-order valence-corrected chi connectivity index (χ1v) is 6.42. The lowest BCUT2D eigenvalue weighted by Gasteiger charge is -2.20. The maximum Gasteiger partial charge on any atom is 0.222 e. The molecule has 0 aromatic carbocycles. The molecule has 0 saturated carbocycles. The first-order valence-electron chi connectivity index (χ1n) is 6.42. The largest absolute Gasteiger partial charge is 0.341 e. The van der Waals surface area contributed by atoms with Crippen molar-refractivity contribution < 1.29 is 4.79 Å². The van der Waals surface area contributed by atoms with Crippen LogP contribution in [-0.4, -0.2) is 49.6 Å². The van der Waals surface area contributed by atoms with Gasteiger partial charge in [-0.25, -0.2) is 0 Å². The van der Waals surface area contributed by atoms with Crippen molar-refractivity contribution in [3.05, 3.63) is 0 Å². The van der Waals surface area contributed by atoms with E-state index in [1.165, 1.54) is 0 Å². The van der Waals surface area contributed by atoms with Crippen LogP contribution in [0.5, 0.6) is 0 Å². The number of carbonyl (C=O) groups is 1. The van der Waals surface area contributed by atoms with Crippen molar-refractivity contribution >= 4 is 5.91 Å². The highest BCUT2D eigenvalue weighted by Crippen LogP contribution is 2.01. The zero-order valence-electron chi connectivity index (χ0n) is 10.6. The van der Waals surface area contributed by atoms with Crippen LogP contribution >= 0.6 is 0 Å². The molecule has 1 amide bonds. The predicted molar refractivity (Wildman–Crippen MR) is 66.4 cm³/mol. The summed E-state index contributed by atoms with van der Waals surface area (Å²) in [6.07, 6.45) is 2.71. The van der Waals surface area contributed by atoms with E-state index >= 15 is 0 Å². The number of rotatable bonds is 5. The zero-order chi connectivity index (χ0) is 11.8. The molecule has 1 aliphatic heterocycles. The fraction of sp³-hybridized carbons (Fsp3) is 0.917. The number of nitrogens with one attached hydrogen (secondary N) is 2. The van der Waals surface area contributed by atoms with Crippen molar-refractivity contribution in [1.82, 2.24) is 15.5 Å². The van der Waals surface area contributed by atoms with E-state index < -0.39 is 0 Å². The average molecular weight is 227 g/mol. The second-order valence-electron chi connectivity index (χ2n) is 4.70. The molecule has 0 aromatic rings. The van der Waals surface area contributed by atoms with Gasteiger partial charge in [0.15, 0.2) is 0 Å². The minimum Gasteiger partial charge on any atom is -0.341 e. The van der Waals surface area contributed by atoms with E-state index in [0.717, 1.165) is 45.6 Å². The van der Waals surface area contributed by atoms with Crippen LogP contribution in [0.1, 0.15) is 33.1 Å². The van der Waals surface area contributed by atoms with Gasteiger partial charge in [0.05, 0.1) is 0 Å². The lowest BCUT2D eigenvalue weighted by molar-refractivity contribution is -0.131. The Morgan fingerprint density at radius 2 is 2.19 bits per heavy atom. The van der Waals surface area contributed by atoms with E-state index in [4.69, 9.17) is 0 Å². The van der Waals surface area contributed by atoms with Crippen LogP contribution in [0.3, 0.4) is 0 Å². The SMILES string of the molecule is CC(C)NCCCC(=O)N1CCCNCC1. The Bertz CT molecular complexity index is 198. The Balaban J connectivity index is 2.13. The van der Waals surface area contributed by atoms with Gasteiger partial charge < -0.3 is 15.5 Å². The first-order chi connectivity index (χ1) is 7.70. The summed E-state index contributed by atoms with van der Waals surface area (Å²) in [5.41, 5.74) is 0. The second-order valence-corrected chi connectivity index (χ2v) is 4.70. The third-order valence-corrected chi connectivity index (χ3v) is 2.81. The van der Waals surface area contributed by atoms with E-state index in [-0.39, 0.29) is 0 Å². The highest BCUT2D eigenvalue weighted by atomic mass is 16.2. The van der Waals surface area contributed by atoms with E-state index in [0.29, 0.717) is 18.4 Å². The molecule has 4 nitrogen and oxygen atoms in total. The summed E-state index contributed by atoms with van der Waals surface area (Å²) < 4.78 is 0. The lowest BCUT2D eigenvalue weighted by Crippen LogP contribution is -2.34. The maximum absolute atomic E-state index is 11.9. The Morgan fingerprint density at radius 1 is 1.38 bits per heavy atom. The summed E-state index contributed by atoms with van der Waals surface area (Å²) >= 11 is 0. The minimum absolute atomic E-state index is 0.314. The van der Waals surface area contributed by atoms with Crippen molar-refractivity contribution in [2.45, 2.75) is 39.2 Å². The van der Waals surface area contributed by atoms with Crippen LogP contribution in [0.4, 0.5) is 0 Å². The van der Waals surface area contributed by atoms with Gasteiger partial charge in [-0.3, -0.25) is 4.79 Å². The molecule has 0 aromatic heterocycles. The van der Waals surface area contributed by atoms with E-state index in [2.05, 4.69) is 24.5 Å². The number of amides is 1. The molecule has 0 atom stereocenters. The Hall–Kier alpha value is -0.610. The smallest absolute Gasteiger partial charge is 0.222 e. The fourth-order valence-electron chi connectivity index (χ4n) is 1.88. The van der Waals surface area contributed by atoms with Gasteiger partial charge in [-0.2, -0.15) is 0 Å². The van der Waals surface area contributed by atoms with Crippen molar-refractivity contribution in [2.24, 2.45) is 0 Å². The van der Waals surface area contributed by atoms with Gasteiger partial charge in [-0.15, -0.1) is 0 Å². The number of nitrogens with zero attached hydrogens (tertiary/aromatic N) is 1. The average Bonchev–Trinajstić information content (AvgIpc) is 2.52. The molecule has 1 heterocycles. The number of hydrogen-bond acceptors (Lipinski definition) is 3. The van der Waals surface area contributed by atoms with Gasteiger partial charge >= 0.3 is 0 Å². The van der Waals surface area contributed by atoms with Gasteiger partial charge in [0.2, 0.25) is 5.91 Å². The molecule has 0 radical (unpaired) electrons. The molecule has 0 bridgehead atoms. The molecule has 1 fully saturated rings. The summed E-state index contributed by atoms with van der Waals surface area (Å²) in [6, 6.07) is 0.512. The molecule has 1 aliphatic rings. The third-order valence-electron chi connectivity index (χ3n) is 2.81. The molecule has 0 unspecified atom stereocenters. The van der Waals surface area contributed by atoms with Crippen molar-refractivity contribution in [3.63, 3.8) is 0 Å².